The van der Waals surface area contributed by atoms with E-state index in [1.165, 1.54) is 10.4 Å². The lowest BCUT2D eigenvalue weighted by Gasteiger charge is -2.14. The number of carboxylic acid groups (broad SMARTS) is 1. The lowest BCUT2D eigenvalue weighted by atomic mass is 10.4. The summed E-state index contributed by atoms with van der Waals surface area (Å²) in [5, 5.41) is 11.9. The maximum absolute atomic E-state index is 11.2. The zero-order chi connectivity index (χ0) is 12.3. The Morgan fingerprint density at radius 3 is 3.12 bits per heavy atom. The maximum Gasteiger partial charge on any atom is 0.355 e. The van der Waals surface area contributed by atoms with Crippen LogP contribution < -0.4 is 10.2 Å². The molecule has 2 N–H and O–H groups in total. The Balaban J connectivity index is 1.77. The summed E-state index contributed by atoms with van der Waals surface area (Å²) in [5.41, 5.74) is 2.88. The van der Waals surface area contributed by atoms with Gasteiger partial charge in [-0.2, -0.15) is 4.98 Å². The quantitative estimate of drug-likeness (QED) is 0.769. The van der Waals surface area contributed by atoms with Crippen molar-refractivity contribution in [3.8, 4) is 5.19 Å². The van der Waals surface area contributed by atoms with Crippen LogP contribution in [0.4, 0.5) is 0 Å². The second kappa shape index (κ2) is 5.11. The molecule has 2 heterocycles. The van der Waals surface area contributed by atoms with Crippen LogP contribution in [0.25, 0.3) is 0 Å². The van der Waals surface area contributed by atoms with Crippen molar-refractivity contribution in [2.24, 2.45) is 0 Å². The molecule has 1 saturated heterocycles. The molecule has 1 aromatic heterocycles. The van der Waals surface area contributed by atoms with Crippen LogP contribution in [0, 0.1) is 0 Å². The fourth-order valence-electron chi connectivity index (χ4n) is 1.37. The van der Waals surface area contributed by atoms with E-state index in [1.54, 1.807) is 0 Å². The first kappa shape index (κ1) is 11.8. The van der Waals surface area contributed by atoms with Crippen molar-refractivity contribution in [2.75, 3.05) is 19.7 Å². The first-order valence-electron chi connectivity index (χ1n) is 5.02. The Morgan fingerprint density at radius 1 is 1.71 bits per heavy atom. The number of hydrazine groups is 1. The molecular formula is C9H11N3O4S. The summed E-state index contributed by atoms with van der Waals surface area (Å²) < 4.78 is 5.26. The van der Waals surface area contributed by atoms with Crippen molar-refractivity contribution in [3.05, 3.63) is 11.1 Å². The minimum Gasteiger partial charge on any atom is -0.476 e. The number of rotatable bonds is 5. The molecule has 0 aromatic carbocycles. The molecule has 0 radical (unpaired) electrons. The number of hydrogen-bond acceptors (Lipinski definition) is 6. The van der Waals surface area contributed by atoms with Gasteiger partial charge in [0.2, 0.25) is 5.91 Å². The highest BCUT2D eigenvalue weighted by atomic mass is 32.1. The van der Waals surface area contributed by atoms with Crippen LogP contribution >= 0.6 is 11.3 Å². The highest BCUT2D eigenvalue weighted by Crippen LogP contribution is 2.17. The molecule has 0 aliphatic carbocycles. The second-order valence-corrected chi connectivity index (χ2v) is 4.18. The molecule has 1 aromatic rings. The van der Waals surface area contributed by atoms with Crippen molar-refractivity contribution in [1.82, 2.24) is 15.4 Å². The van der Waals surface area contributed by atoms with Crippen molar-refractivity contribution < 1.29 is 19.4 Å². The van der Waals surface area contributed by atoms with E-state index in [-0.39, 0.29) is 18.2 Å². The number of carbonyl (C=O) groups is 2. The van der Waals surface area contributed by atoms with Gasteiger partial charge in [0.1, 0.15) is 6.61 Å². The van der Waals surface area contributed by atoms with E-state index in [2.05, 4.69) is 10.4 Å². The Bertz CT molecular complexity index is 434. The van der Waals surface area contributed by atoms with Crippen LogP contribution in [0.15, 0.2) is 5.38 Å². The number of hydrogen-bond donors (Lipinski definition) is 2. The van der Waals surface area contributed by atoms with Gasteiger partial charge in [-0.25, -0.2) is 10.2 Å². The van der Waals surface area contributed by atoms with Gasteiger partial charge in [-0.1, -0.05) is 11.3 Å². The monoisotopic (exact) mass is 257 g/mol. The molecule has 0 unspecified atom stereocenters. The number of amides is 1. The molecule has 1 fully saturated rings. The minimum absolute atomic E-state index is 0.0274. The third-order valence-electron chi connectivity index (χ3n) is 2.19. The van der Waals surface area contributed by atoms with Crippen molar-refractivity contribution in [3.63, 3.8) is 0 Å². The minimum atomic E-state index is -1.08. The SMILES string of the molecule is O=C(O)c1csc(OCCN2NCCC2=O)n1. The molecule has 0 saturated carbocycles. The first-order valence-corrected chi connectivity index (χ1v) is 5.90. The number of aromatic carboxylic acids is 1. The van der Waals surface area contributed by atoms with Crippen LogP contribution in [0.2, 0.25) is 0 Å². The molecule has 1 aliphatic heterocycles. The number of ether oxygens (including phenoxy) is 1. The van der Waals surface area contributed by atoms with Gasteiger partial charge in [0.05, 0.1) is 6.54 Å². The number of thiazole rings is 1. The van der Waals surface area contributed by atoms with E-state index in [9.17, 15) is 9.59 Å². The fraction of sp³-hybridized carbons (Fsp3) is 0.444. The average Bonchev–Trinajstić information content (AvgIpc) is 2.89. The van der Waals surface area contributed by atoms with E-state index >= 15 is 0 Å². The van der Waals surface area contributed by atoms with Crippen LogP contribution in [0.1, 0.15) is 16.9 Å². The lowest BCUT2D eigenvalue weighted by Crippen LogP contribution is -2.37. The van der Waals surface area contributed by atoms with Gasteiger partial charge in [0.25, 0.3) is 5.19 Å². The molecule has 17 heavy (non-hydrogen) atoms. The van der Waals surface area contributed by atoms with E-state index in [0.29, 0.717) is 24.7 Å². The van der Waals surface area contributed by atoms with Gasteiger partial charge >= 0.3 is 5.97 Å². The molecule has 0 atom stereocenters. The molecule has 0 bridgehead atoms. The Morgan fingerprint density at radius 2 is 2.53 bits per heavy atom. The maximum atomic E-state index is 11.2. The summed E-state index contributed by atoms with van der Waals surface area (Å²) in [7, 11) is 0. The number of carbonyl (C=O) groups excluding carboxylic acids is 1. The van der Waals surface area contributed by atoms with Gasteiger partial charge in [0, 0.05) is 18.3 Å². The Kier molecular flexibility index (Phi) is 3.55. The van der Waals surface area contributed by atoms with E-state index in [0.717, 1.165) is 11.3 Å². The topological polar surface area (TPSA) is 91.8 Å². The van der Waals surface area contributed by atoms with Gasteiger partial charge < -0.3 is 9.84 Å². The normalized spacial score (nSPS) is 15.3. The summed E-state index contributed by atoms with van der Waals surface area (Å²) in [6, 6.07) is 0. The first-order chi connectivity index (χ1) is 8.16. The lowest BCUT2D eigenvalue weighted by molar-refractivity contribution is -0.129. The van der Waals surface area contributed by atoms with Crippen LogP contribution in [0.3, 0.4) is 0 Å². The van der Waals surface area contributed by atoms with Gasteiger partial charge in [-0.15, -0.1) is 0 Å². The Labute approximate surface area is 101 Å². The predicted molar refractivity (Wildman–Crippen MR) is 58.9 cm³/mol. The summed E-state index contributed by atoms with van der Waals surface area (Å²) in [5.74, 6) is -1.04. The largest absolute Gasteiger partial charge is 0.476 e. The van der Waals surface area contributed by atoms with Crippen molar-refractivity contribution in [2.45, 2.75) is 6.42 Å². The van der Waals surface area contributed by atoms with E-state index < -0.39 is 5.97 Å². The van der Waals surface area contributed by atoms with Crippen LogP contribution in [0.5, 0.6) is 5.19 Å². The second-order valence-electron chi connectivity index (χ2n) is 3.36. The average molecular weight is 257 g/mol. The highest BCUT2D eigenvalue weighted by molar-refractivity contribution is 7.11. The summed E-state index contributed by atoms with van der Waals surface area (Å²) >= 11 is 1.12. The van der Waals surface area contributed by atoms with Crippen LogP contribution in [-0.4, -0.2) is 46.7 Å². The fourth-order valence-corrected chi connectivity index (χ4v) is 2.04. The summed E-state index contributed by atoms with van der Waals surface area (Å²) in [6.07, 6.45) is 0.500. The summed E-state index contributed by atoms with van der Waals surface area (Å²) in [6.45, 7) is 1.35. The molecule has 1 aliphatic rings. The van der Waals surface area contributed by atoms with Gasteiger partial charge in [-0.3, -0.25) is 9.80 Å². The molecule has 7 nitrogen and oxygen atoms in total. The van der Waals surface area contributed by atoms with Crippen LogP contribution in [-0.2, 0) is 4.79 Å². The third kappa shape index (κ3) is 2.92. The van der Waals surface area contributed by atoms with Crippen molar-refractivity contribution in [1.29, 1.82) is 0 Å². The number of nitrogens with one attached hydrogen (secondary N) is 1. The molecular weight excluding hydrogens is 246 g/mol. The van der Waals surface area contributed by atoms with E-state index in [1.807, 2.05) is 0 Å². The number of aromatic nitrogens is 1. The molecule has 0 spiro atoms. The molecule has 2 rings (SSSR count). The molecule has 92 valence electrons. The predicted octanol–water partition coefficient (Wildman–Crippen LogP) is -0.0430. The smallest absolute Gasteiger partial charge is 0.355 e. The Hall–Kier alpha value is -1.67. The molecule has 8 heteroatoms. The number of carboxylic acids is 1. The zero-order valence-electron chi connectivity index (χ0n) is 8.88. The van der Waals surface area contributed by atoms with Gasteiger partial charge in [-0.05, 0) is 0 Å². The zero-order valence-corrected chi connectivity index (χ0v) is 9.70. The number of nitrogens with zero attached hydrogens (tertiary/aromatic N) is 2. The molecule has 1 amide bonds. The standard InChI is InChI=1S/C9H11N3O4S/c13-7-1-2-10-12(7)3-4-16-9-11-6(5-17-9)8(14)15/h5,10H,1-4H2,(H,14,15). The van der Waals surface area contributed by atoms with E-state index in [4.69, 9.17) is 9.84 Å². The van der Waals surface area contributed by atoms with Gasteiger partial charge in [0.15, 0.2) is 5.69 Å². The third-order valence-corrected chi connectivity index (χ3v) is 2.94. The summed E-state index contributed by atoms with van der Waals surface area (Å²) in [4.78, 5) is 25.6. The van der Waals surface area contributed by atoms with Crippen molar-refractivity contribution >= 4 is 23.2 Å². The highest BCUT2D eigenvalue weighted by Gasteiger charge is 2.19.